The van der Waals surface area contributed by atoms with Gasteiger partial charge < -0.3 is 99.1 Å². The minimum atomic E-state index is -0.900. The molecule has 6 unspecified atom stereocenters. The number of ketones is 7. The van der Waals surface area contributed by atoms with E-state index in [0.29, 0.717) is 200 Å². The number of phenolic OH excluding ortho intramolecular Hbond substituents is 1. The third-order valence-electron chi connectivity index (χ3n) is 18.6. The van der Waals surface area contributed by atoms with Crippen molar-refractivity contribution in [2.45, 2.75) is 261 Å². The van der Waals surface area contributed by atoms with E-state index < -0.39 is 29.8 Å². The fourth-order valence-electron chi connectivity index (χ4n) is 11.5. The molecule has 35 nitrogen and oxygen atoms in total. The Labute approximate surface area is 681 Å². The van der Waals surface area contributed by atoms with E-state index in [1.54, 1.807) is 26.0 Å². The maximum atomic E-state index is 13.9. The summed E-state index contributed by atoms with van der Waals surface area (Å²) in [7, 11) is 0. The molecular formula is C80H143N21O14. The van der Waals surface area contributed by atoms with Crippen LogP contribution in [0.2, 0.25) is 0 Å². The van der Waals surface area contributed by atoms with Crippen LogP contribution in [0, 0.1) is 41.4 Å². The summed E-state index contributed by atoms with van der Waals surface area (Å²) in [5.41, 5.74) is 54.3. The molecule has 0 spiro atoms. The second kappa shape index (κ2) is 65.2. The molecular weight excluding hydrogens is 1480 g/mol. The van der Waals surface area contributed by atoms with Gasteiger partial charge in [-0.25, -0.2) is 0 Å². The molecule has 0 saturated heterocycles. The van der Waals surface area contributed by atoms with Crippen LogP contribution in [0.25, 0.3) is 0 Å². The molecule has 1 rings (SSSR count). The van der Waals surface area contributed by atoms with E-state index >= 15 is 0 Å². The SMILES string of the molecule is CC(=O)CC(CCCN=C(N)N)C(=O)NCC(=O)C(C)C.CCC(CCCN=C(N)N)C(=O)NC(Cc1ccc(O)cc1)C(=O)CC(CCCN=C(N)N)C(=O)NCCCCCC(=O)CCCC(=O)C(C)C.CCC(CCCN=C(N)N)C(=O)NCC(=O)NC(CCCN=C(N)N)C(=O)NCCCCCC(=O)CCCC(=O)C(C)C. The number of nitrogens with two attached hydrogens (primary N) is 10. The van der Waals surface area contributed by atoms with Gasteiger partial charge in [0.1, 0.15) is 40.7 Å². The molecule has 27 N–H and O–H groups in total. The van der Waals surface area contributed by atoms with Crippen molar-refractivity contribution in [2.24, 2.45) is 124 Å². The molecule has 652 valence electrons. The smallest absolute Gasteiger partial charge is 0.242 e. The Bertz CT molecular complexity index is 3250. The van der Waals surface area contributed by atoms with Gasteiger partial charge in [0, 0.05) is 139 Å². The predicted octanol–water partition coefficient (Wildman–Crippen LogP) is 3.11. The van der Waals surface area contributed by atoms with Crippen LogP contribution < -0.4 is 89.2 Å². The largest absolute Gasteiger partial charge is 0.508 e. The molecule has 0 aliphatic heterocycles. The number of benzene rings is 1. The summed E-state index contributed by atoms with van der Waals surface area (Å²) in [6.07, 6.45) is 14.4. The van der Waals surface area contributed by atoms with Crippen LogP contribution in [0.4, 0.5) is 0 Å². The van der Waals surface area contributed by atoms with Gasteiger partial charge in [-0.3, -0.25) is 82.5 Å². The van der Waals surface area contributed by atoms with Gasteiger partial charge >= 0.3 is 0 Å². The van der Waals surface area contributed by atoms with Crippen molar-refractivity contribution < 1.29 is 67.4 Å². The van der Waals surface area contributed by atoms with Crippen LogP contribution in [-0.2, 0) is 68.7 Å². The summed E-state index contributed by atoms with van der Waals surface area (Å²) in [6.45, 7) is 18.5. The first-order valence-electron chi connectivity index (χ1n) is 40.7. The number of unbranched alkanes of at least 4 members (excludes halogenated alkanes) is 4. The van der Waals surface area contributed by atoms with Crippen LogP contribution in [0.5, 0.6) is 5.75 Å². The van der Waals surface area contributed by atoms with Crippen LogP contribution in [-0.4, -0.2) is 182 Å². The molecule has 0 saturated carbocycles. The van der Waals surface area contributed by atoms with Crippen molar-refractivity contribution in [2.75, 3.05) is 58.9 Å². The Morgan fingerprint density at radius 1 is 0.357 bits per heavy atom. The zero-order valence-electron chi connectivity index (χ0n) is 70.1. The molecule has 1 aromatic carbocycles. The summed E-state index contributed by atoms with van der Waals surface area (Å²) in [4.78, 5) is 181. The van der Waals surface area contributed by atoms with Gasteiger partial charge in [0.25, 0.3) is 0 Å². The molecule has 0 aliphatic rings. The summed E-state index contributed by atoms with van der Waals surface area (Å²) in [6, 6.07) is 4.69. The average molecular weight is 1620 g/mol. The van der Waals surface area contributed by atoms with Crippen molar-refractivity contribution in [3.8, 4) is 5.75 Å². The van der Waals surface area contributed by atoms with Crippen LogP contribution in [0.15, 0.2) is 49.2 Å². The second-order valence-electron chi connectivity index (χ2n) is 29.8. The van der Waals surface area contributed by atoms with E-state index in [2.05, 4.69) is 56.9 Å². The minimum absolute atomic E-state index is 0.00118. The summed E-state index contributed by atoms with van der Waals surface area (Å²) < 4.78 is 0. The quantitative estimate of drug-likeness (QED) is 0.0253. The Morgan fingerprint density at radius 3 is 1.11 bits per heavy atom. The van der Waals surface area contributed by atoms with E-state index in [-0.39, 0.29) is 168 Å². The van der Waals surface area contributed by atoms with Gasteiger partial charge in [0.15, 0.2) is 41.4 Å². The zero-order chi connectivity index (χ0) is 87.2. The standard InChI is InChI=1S/C37H62N8O6.C29H55N9O5.C14H26N4O3/c1-4-27(11-9-21-43-36(38)39)35(51)45-31(23-26-16-18-30(47)19-17-26)33(49)24-28(12-10-22-44-37(40)41)34(50)42-20-7-5-6-13-29(46)14-8-15-32(48)25(2)3;1-4-21(11-9-17-35-28(30)31)26(42)37-19-25(41)38-23(14-10-18-36-29(32)33)27(43)34-16-7-5-6-12-22(39)13-8-15-24(40)20(2)3;1-9(2)12(20)8-18-13(21)11(7-10(3)19)5-4-6-17-14(15)16/h16-19,25,27-28,31,47H,4-15,20-24H2,1-3H3,(H,42,50)(H,45,51)(H4,38,39,43)(H4,40,41,44);20-21,23H,4-19H2,1-3H3,(H,34,43)(H,37,42)(H,38,41)(H4,30,31,35)(H4,32,33,36);9,11H,4-8H2,1-3H3,(H,18,21)(H4,15,16,17). The molecule has 0 fully saturated rings. The molecule has 0 heterocycles. The highest BCUT2D eigenvalue weighted by Crippen LogP contribution is 2.21. The number of hydrogen-bond donors (Lipinski definition) is 17. The summed E-state index contributed by atoms with van der Waals surface area (Å²) in [5.74, 6) is -3.63. The van der Waals surface area contributed by atoms with E-state index in [9.17, 15) is 67.4 Å². The molecule has 0 radical (unpaired) electrons. The third-order valence-corrected chi connectivity index (χ3v) is 18.6. The van der Waals surface area contributed by atoms with Crippen molar-refractivity contribution in [3.05, 3.63) is 29.8 Å². The first-order chi connectivity index (χ1) is 54.3. The van der Waals surface area contributed by atoms with Crippen molar-refractivity contribution in [1.29, 1.82) is 0 Å². The number of rotatable bonds is 63. The number of phenols is 1. The monoisotopic (exact) mass is 1620 g/mol. The average Bonchev–Trinajstić information content (AvgIpc) is 0.858. The molecule has 0 bridgehead atoms. The number of carbonyl (C=O) groups excluding carboxylic acids is 13. The maximum absolute atomic E-state index is 13.9. The van der Waals surface area contributed by atoms with E-state index in [1.807, 2.05) is 41.5 Å². The first kappa shape index (κ1) is 107. The van der Waals surface area contributed by atoms with Crippen molar-refractivity contribution in [1.82, 2.24) is 31.9 Å². The number of aromatic hydroxyl groups is 1. The number of amides is 6. The molecule has 0 aromatic heterocycles. The fraction of sp³-hybridized carbons (Fsp3) is 0.700. The predicted molar refractivity (Wildman–Crippen MR) is 451 cm³/mol. The lowest BCUT2D eigenvalue weighted by molar-refractivity contribution is -0.133. The molecule has 6 amide bonds. The minimum Gasteiger partial charge on any atom is -0.508 e. The number of carbonyl (C=O) groups is 13. The highest BCUT2D eigenvalue weighted by molar-refractivity contribution is 5.94. The fourth-order valence-corrected chi connectivity index (χ4v) is 11.5. The third kappa shape index (κ3) is 59.3. The maximum Gasteiger partial charge on any atom is 0.242 e. The summed E-state index contributed by atoms with van der Waals surface area (Å²) in [5, 5.41) is 26.4. The lowest BCUT2D eigenvalue weighted by Gasteiger charge is -2.24. The second-order valence-corrected chi connectivity index (χ2v) is 29.8. The molecule has 1 aromatic rings. The number of guanidine groups is 5. The number of aliphatic imine (C=N–C) groups is 5. The van der Waals surface area contributed by atoms with Crippen LogP contribution >= 0.6 is 0 Å². The van der Waals surface area contributed by atoms with E-state index in [1.165, 1.54) is 19.1 Å². The van der Waals surface area contributed by atoms with Crippen LogP contribution in [0.1, 0.15) is 248 Å². The normalized spacial score (nSPS) is 12.3. The highest BCUT2D eigenvalue weighted by Gasteiger charge is 2.30. The zero-order valence-corrected chi connectivity index (χ0v) is 70.1. The van der Waals surface area contributed by atoms with Gasteiger partial charge in [0.2, 0.25) is 35.4 Å². The number of nitrogens with zero attached hydrogens (tertiary/aromatic N) is 5. The van der Waals surface area contributed by atoms with Gasteiger partial charge in [-0.15, -0.1) is 0 Å². The lowest BCUT2D eigenvalue weighted by Crippen LogP contribution is -2.50. The van der Waals surface area contributed by atoms with Gasteiger partial charge in [-0.2, -0.15) is 0 Å². The Balaban J connectivity index is 0. The number of nitrogens with one attached hydrogen (secondary N) is 6. The Kier molecular flexibility index (Phi) is 60.6. The lowest BCUT2D eigenvalue weighted by atomic mass is 9.90. The molecule has 0 aliphatic carbocycles. The Hall–Kier alpha value is -10.1. The van der Waals surface area contributed by atoms with Gasteiger partial charge in [-0.1, -0.05) is 80.4 Å². The highest BCUT2D eigenvalue weighted by atomic mass is 16.3. The number of hydrogen-bond acceptors (Lipinski definition) is 19. The van der Waals surface area contributed by atoms with Gasteiger partial charge in [-0.05, 0) is 147 Å². The number of Topliss-reactive ketones (excluding diaryl/α,β-unsaturated/α-hetero) is 7. The van der Waals surface area contributed by atoms with E-state index in [4.69, 9.17) is 57.3 Å². The summed E-state index contributed by atoms with van der Waals surface area (Å²) >= 11 is 0. The Morgan fingerprint density at radius 2 is 0.713 bits per heavy atom. The first-order valence-corrected chi connectivity index (χ1v) is 40.7. The van der Waals surface area contributed by atoms with Gasteiger partial charge in [0.05, 0.1) is 19.1 Å². The van der Waals surface area contributed by atoms with E-state index in [0.717, 1.165) is 18.4 Å². The van der Waals surface area contributed by atoms with Crippen LogP contribution in [0.3, 0.4) is 0 Å². The molecule has 115 heavy (non-hydrogen) atoms. The topological polar surface area (TPSA) is 636 Å². The molecule has 6 atom stereocenters. The van der Waals surface area contributed by atoms with Crippen molar-refractivity contribution >= 4 is 106 Å². The van der Waals surface area contributed by atoms with Crippen molar-refractivity contribution in [3.63, 3.8) is 0 Å². The molecule has 35 heteroatoms.